The van der Waals surface area contributed by atoms with Crippen LogP contribution in [0.3, 0.4) is 0 Å². The van der Waals surface area contributed by atoms with Gasteiger partial charge in [0.05, 0.1) is 23.8 Å². The number of ether oxygens (including phenoxy) is 1. The number of carbonyl (C=O) groups is 2. The van der Waals surface area contributed by atoms with Gasteiger partial charge in [0.1, 0.15) is 29.7 Å². The molecule has 1 saturated carbocycles. The van der Waals surface area contributed by atoms with Crippen LogP contribution in [0.15, 0.2) is 60.9 Å². The summed E-state index contributed by atoms with van der Waals surface area (Å²) >= 11 is 0. The molecule has 2 amide bonds. The van der Waals surface area contributed by atoms with Crippen molar-refractivity contribution in [3.8, 4) is 28.1 Å². The fourth-order valence-corrected chi connectivity index (χ4v) is 4.81. The number of aryl methyl sites for hydroxylation is 1. The third kappa shape index (κ3) is 4.81. The van der Waals surface area contributed by atoms with Gasteiger partial charge in [-0.2, -0.15) is 0 Å². The van der Waals surface area contributed by atoms with Crippen LogP contribution in [0, 0.1) is 0 Å². The summed E-state index contributed by atoms with van der Waals surface area (Å²) in [7, 11) is 3.39. The summed E-state index contributed by atoms with van der Waals surface area (Å²) in [5.74, 6) is 0.115. The monoisotopic (exact) mass is 528 g/mol. The molecule has 0 radical (unpaired) electrons. The van der Waals surface area contributed by atoms with Gasteiger partial charge in [-0.1, -0.05) is 24.8 Å². The summed E-state index contributed by atoms with van der Waals surface area (Å²) in [4.78, 5) is 33.6. The smallest absolute Gasteiger partial charge is 0.255 e. The van der Waals surface area contributed by atoms with Crippen LogP contribution in [-0.2, 0) is 11.8 Å². The number of rotatable bonds is 7. The van der Waals surface area contributed by atoms with Gasteiger partial charge in [0.25, 0.3) is 11.8 Å². The Morgan fingerprint density at radius 1 is 1.13 bits per heavy atom. The summed E-state index contributed by atoms with van der Waals surface area (Å²) in [5.41, 5.74) is 11.6. The first-order chi connectivity index (χ1) is 18.7. The minimum atomic E-state index is -0.867. The molecule has 2 aromatic carbocycles. The quantitative estimate of drug-likeness (QED) is 0.300. The normalized spacial score (nSPS) is 16.4. The van der Waals surface area contributed by atoms with Crippen LogP contribution in [-0.4, -0.2) is 45.7 Å². The Morgan fingerprint density at radius 2 is 1.82 bits per heavy atom. The molecule has 1 aliphatic carbocycles. The number of amides is 2. The van der Waals surface area contributed by atoms with Crippen LogP contribution in [0.2, 0.25) is 0 Å². The molecule has 4 N–H and O–H groups in total. The molecule has 0 atom stereocenters. The number of methoxy groups -OCH3 is 1. The first-order valence-electron chi connectivity index (χ1n) is 12.5. The van der Waals surface area contributed by atoms with Crippen molar-refractivity contribution >= 4 is 34.4 Å². The molecule has 0 aliphatic heterocycles. The van der Waals surface area contributed by atoms with Crippen molar-refractivity contribution in [3.05, 3.63) is 66.5 Å². The molecule has 9 nitrogen and oxygen atoms in total. The molecule has 4 aromatic rings. The number of aromatic nitrogens is 3. The minimum absolute atomic E-state index is 0.179. The predicted octanol–water partition coefficient (Wildman–Crippen LogP) is 4.64. The molecular formula is C29H29FN6O3. The van der Waals surface area contributed by atoms with Crippen molar-refractivity contribution in [2.45, 2.75) is 32.0 Å². The van der Waals surface area contributed by atoms with E-state index in [1.165, 1.54) is 13.4 Å². The van der Waals surface area contributed by atoms with Gasteiger partial charge in [-0.3, -0.25) is 9.59 Å². The van der Waals surface area contributed by atoms with E-state index >= 15 is 0 Å². The zero-order valence-electron chi connectivity index (χ0n) is 21.9. The second kappa shape index (κ2) is 10.2. The molecule has 1 aliphatic rings. The lowest BCUT2D eigenvalue weighted by Gasteiger charge is -2.30. The Morgan fingerprint density at radius 3 is 2.46 bits per heavy atom. The number of fused-ring (bicyclic) bond motifs is 1. The molecule has 0 bridgehead atoms. The third-order valence-electron chi connectivity index (χ3n) is 6.95. The Kier molecular flexibility index (Phi) is 6.78. The summed E-state index contributed by atoms with van der Waals surface area (Å²) in [6.07, 6.45) is 1.19. The Balaban J connectivity index is 1.60. The van der Waals surface area contributed by atoms with Gasteiger partial charge < -0.3 is 25.7 Å². The summed E-state index contributed by atoms with van der Waals surface area (Å²) in [6.45, 7) is 5.32. The van der Waals surface area contributed by atoms with Crippen LogP contribution in [0.1, 0.15) is 30.1 Å². The van der Waals surface area contributed by atoms with E-state index in [1.807, 2.05) is 41.9 Å². The van der Waals surface area contributed by atoms with Crippen molar-refractivity contribution in [1.29, 1.82) is 0 Å². The number of nitrogen functional groups attached to an aromatic ring is 1. The van der Waals surface area contributed by atoms with Gasteiger partial charge in [0, 0.05) is 29.9 Å². The number of carbonyl (C=O) groups excluding carboxylic acids is 2. The average Bonchev–Trinajstić information content (AvgIpc) is 3.21. The zero-order valence-corrected chi connectivity index (χ0v) is 21.9. The predicted molar refractivity (Wildman–Crippen MR) is 149 cm³/mol. The fraction of sp³-hybridized carbons (Fsp3) is 0.241. The standard InChI is InChI=1S/C29H29FN6O3/c1-15(2)28(37)34-19-8-5-16(6-9-19)25-23(24-26(31)32-14-33-27(24)36(25)3)17-7-10-21(22(11-17)39-4)29(38)35-20-12-18(30)13-20/h5-11,14,18,20H,1,12-13H2,2-4H3,(H,34,37)(H,35,38)(H2,31,32,33)/t18-,20+. The molecule has 0 unspecified atom stereocenters. The van der Waals surface area contributed by atoms with Gasteiger partial charge in [-0.05, 0) is 55.2 Å². The third-order valence-corrected chi connectivity index (χ3v) is 6.95. The number of nitrogens with one attached hydrogen (secondary N) is 2. The Hall–Kier alpha value is -4.73. The maximum absolute atomic E-state index is 13.2. The van der Waals surface area contributed by atoms with Crippen LogP contribution in [0.4, 0.5) is 15.9 Å². The first kappa shape index (κ1) is 25.9. The number of alkyl halides is 1. The maximum Gasteiger partial charge on any atom is 0.255 e. The molecule has 10 heteroatoms. The maximum atomic E-state index is 13.2. The number of hydrogen-bond donors (Lipinski definition) is 3. The fourth-order valence-electron chi connectivity index (χ4n) is 4.81. The molecular weight excluding hydrogens is 499 g/mol. The number of nitrogens with two attached hydrogens (primary N) is 1. The summed E-state index contributed by atoms with van der Waals surface area (Å²) in [5, 5.41) is 6.34. The van der Waals surface area contributed by atoms with E-state index < -0.39 is 6.17 Å². The van der Waals surface area contributed by atoms with Crippen LogP contribution >= 0.6 is 0 Å². The lowest BCUT2D eigenvalue weighted by molar-refractivity contribution is -0.112. The van der Waals surface area contributed by atoms with Crippen LogP contribution in [0.5, 0.6) is 5.75 Å². The second-order valence-electron chi connectivity index (χ2n) is 9.71. The van der Waals surface area contributed by atoms with Crippen molar-refractivity contribution in [3.63, 3.8) is 0 Å². The molecule has 0 saturated heterocycles. The molecule has 200 valence electrons. The Bertz CT molecular complexity index is 1610. The van der Waals surface area contributed by atoms with E-state index in [0.717, 1.165) is 22.4 Å². The number of anilines is 2. The highest BCUT2D eigenvalue weighted by Crippen LogP contribution is 2.43. The topological polar surface area (TPSA) is 124 Å². The van der Waals surface area contributed by atoms with Crippen molar-refractivity contribution < 1.29 is 18.7 Å². The van der Waals surface area contributed by atoms with E-state index in [-0.39, 0.29) is 17.9 Å². The number of hydrogen-bond acceptors (Lipinski definition) is 6. The van der Waals surface area contributed by atoms with Crippen LogP contribution in [0.25, 0.3) is 33.4 Å². The van der Waals surface area contributed by atoms with Gasteiger partial charge in [0.2, 0.25) is 0 Å². The molecule has 0 spiro atoms. The Labute approximate surface area is 224 Å². The van der Waals surface area contributed by atoms with Gasteiger partial charge in [0.15, 0.2) is 0 Å². The van der Waals surface area contributed by atoms with E-state index in [4.69, 9.17) is 10.5 Å². The largest absolute Gasteiger partial charge is 0.496 e. The van der Waals surface area contributed by atoms with Gasteiger partial charge in [-0.25, -0.2) is 14.4 Å². The lowest BCUT2D eigenvalue weighted by Crippen LogP contribution is -2.45. The number of nitrogens with zero attached hydrogens (tertiary/aromatic N) is 3. The highest BCUT2D eigenvalue weighted by Gasteiger charge is 2.31. The van der Waals surface area contributed by atoms with Gasteiger partial charge >= 0.3 is 0 Å². The molecule has 39 heavy (non-hydrogen) atoms. The molecule has 2 heterocycles. The number of benzene rings is 2. The van der Waals surface area contributed by atoms with Crippen LogP contribution < -0.4 is 21.1 Å². The second-order valence-corrected chi connectivity index (χ2v) is 9.71. The lowest BCUT2D eigenvalue weighted by atomic mass is 9.90. The van der Waals surface area contributed by atoms with E-state index in [0.29, 0.717) is 52.3 Å². The molecule has 5 rings (SSSR count). The highest BCUT2D eigenvalue weighted by atomic mass is 19.1. The van der Waals surface area contributed by atoms with Crippen molar-refractivity contribution in [2.24, 2.45) is 7.05 Å². The SMILES string of the molecule is C=C(C)C(=O)Nc1ccc(-c2c(-c3ccc(C(=O)N[C@H]4C[C@@H](F)C4)c(OC)c3)c3c(N)ncnc3n2C)cc1. The van der Waals surface area contributed by atoms with Crippen molar-refractivity contribution in [2.75, 3.05) is 18.2 Å². The van der Waals surface area contributed by atoms with Gasteiger partial charge in [-0.15, -0.1) is 0 Å². The van der Waals surface area contributed by atoms with E-state index in [1.54, 1.807) is 19.1 Å². The van der Waals surface area contributed by atoms with E-state index in [9.17, 15) is 14.0 Å². The molecule has 1 fully saturated rings. The number of halogens is 1. The minimum Gasteiger partial charge on any atom is -0.496 e. The molecule has 2 aromatic heterocycles. The summed E-state index contributed by atoms with van der Waals surface area (Å²) in [6, 6.07) is 12.5. The summed E-state index contributed by atoms with van der Waals surface area (Å²) < 4.78 is 20.8. The first-order valence-corrected chi connectivity index (χ1v) is 12.5. The highest BCUT2D eigenvalue weighted by molar-refractivity contribution is 6.09. The average molecular weight is 529 g/mol. The van der Waals surface area contributed by atoms with E-state index in [2.05, 4.69) is 27.2 Å². The van der Waals surface area contributed by atoms with Crippen molar-refractivity contribution in [1.82, 2.24) is 19.9 Å². The zero-order chi connectivity index (χ0) is 27.8.